The number of hydrogen-bond acceptors (Lipinski definition) is 5. The number of halogens is 1. The highest BCUT2D eigenvalue weighted by atomic mass is 35.5. The quantitative estimate of drug-likeness (QED) is 0.220. The molecule has 0 N–H and O–H groups in total. The number of ether oxygens (including phenoxy) is 2. The normalized spacial score (nSPS) is 11.1. The highest BCUT2D eigenvalue weighted by molar-refractivity contribution is 7.92. The summed E-state index contributed by atoms with van der Waals surface area (Å²) in [5, 5.41) is 0.545. The van der Waals surface area contributed by atoms with Gasteiger partial charge in [0.2, 0.25) is 0 Å². The topological polar surface area (TPSA) is 76.2 Å². The first kappa shape index (κ1) is 29.0. The minimum atomic E-state index is -4.04. The molecule has 0 aliphatic carbocycles. The number of hydrogen-bond donors (Lipinski definition) is 0. The summed E-state index contributed by atoms with van der Waals surface area (Å²) in [5.41, 5.74) is 3.03. The van der Waals surface area contributed by atoms with E-state index in [2.05, 4.69) is 0 Å². The lowest BCUT2D eigenvalue weighted by molar-refractivity contribution is 0.0785. The average molecular weight is 579 g/mol. The Morgan fingerprint density at radius 3 is 2.08 bits per heavy atom. The van der Waals surface area contributed by atoms with Crippen LogP contribution in [0.1, 0.15) is 27.0 Å². The second-order valence-corrected chi connectivity index (χ2v) is 11.6. The van der Waals surface area contributed by atoms with Gasteiger partial charge in [-0.3, -0.25) is 9.10 Å². The number of benzene rings is 4. The monoisotopic (exact) mass is 578 g/mol. The molecule has 1 amide bonds. The standard InChI is InChI=1S/C31H31ClN2O5S/c1-22-9-16-26(17-10-22)40(36,37)34(21-23-11-14-25(32)15-12-23)28-8-6-5-7-27(28)31(35)33(2)20-24-13-18-29(38-3)30(19-24)39-4/h5-19H,20-21H2,1-4H3. The highest BCUT2D eigenvalue weighted by Gasteiger charge is 2.29. The molecule has 4 aromatic carbocycles. The molecule has 0 spiro atoms. The van der Waals surface area contributed by atoms with E-state index in [-0.39, 0.29) is 35.1 Å². The molecule has 0 aliphatic rings. The maximum atomic E-state index is 14.0. The van der Waals surface area contributed by atoms with E-state index in [9.17, 15) is 13.2 Å². The number of nitrogens with zero attached hydrogens (tertiary/aromatic N) is 2. The molecular weight excluding hydrogens is 548 g/mol. The van der Waals surface area contributed by atoms with Crippen molar-refractivity contribution in [1.82, 2.24) is 4.90 Å². The number of carbonyl (C=O) groups is 1. The zero-order chi connectivity index (χ0) is 28.9. The van der Waals surface area contributed by atoms with Crippen molar-refractivity contribution >= 4 is 33.2 Å². The largest absolute Gasteiger partial charge is 0.493 e. The van der Waals surface area contributed by atoms with E-state index < -0.39 is 10.0 Å². The van der Waals surface area contributed by atoms with Crippen LogP contribution in [0.3, 0.4) is 0 Å². The van der Waals surface area contributed by atoms with Crippen LogP contribution in [0.25, 0.3) is 0 Å². The molecule has 0 fully saturated rings. The maximum absolute atomic E-state index is 14.0. The number of aryl methyl sites for hydroxylation is 1. The van der Waals surface area contributed by atoms with Gasteiger partial charge < -0.3 is 14.4 Å². The highest BCUT2D eigenvalue weighted by Crippen LogP contribution is 2.32. The number of carbonyl (C=O) groups excluding carboxylic acids is 1. The van der Waals surface area contributed by atoms with Gasteiger partial charge in [0, 0.05) is 18.6 Å². The Kier molecular flexibility index (Phi) is 9.02. The first-order chi connectivity index (χ1) is 19.1. The Balaban J connectivity index is 1.73. The lowest BCUT2D eigenvalue weighted by atomic mass is 10.1. The predicted octanol–water partition coefficient (Wildman–Crippen LogP) is 6.33. The molecule has 0 aliphatic heterocycles. The molecule has 0 bridgehead atoms. The van der Waals surface area contributed by atoms with Gasteiger partial charge in [-0.05, 0) is 66.6 Å². The van der Waals surface area contributed by atoms with Gasteiger partial charge >= 0.3 is 0 Å². The van der Waals surface area contributed by atoms with E-state index in [1.807, 2.05) is 19.1 Å². The summed E-state index contributed by atoms with van der Waals surface area (Å²) >= 11 is 6.07. The minimum absolute atomic E-state index is 0.0110. The van der Waals surface area contributed by atoms with Crippen LogP contribution in [0.5, 0.6) is 11.5 Å². The molecule has 0 saturated carbocycles. The fourth-order valence-electron chi connectivity index (χ4n) is 4.29. The van der Waals surface area contributed by atoms with Crippen molar-refractivity contribution in [2.45, 2.75) is 24.9 Å². The van der Waals surface area contributed by atoms with Gasteiger partial charge in [-0.25, -0.2) is 8.42 Å². The van der Waals surface area contributed by atoms with Crippen molar-refractivity contribution < 1.29 is 22.7 Å². The van der Waals surface area contributed by atoms with Crippen molar-refractivity contribution in [2.75, 3.05) is 25.6 Å². The van der Waals surface area contributed by atoms with Gasteiger partial charge in [0.05, 0.1) is 36.9 Å². The minimum Gasteiger partial charge on any atom is -0.493 e. The van der Waals surface area contributed by atoms with E-state index in [0.29, 0.717) is 16.5 Å². The van der Waals surface area contributed by atoms with Crippen molar-refractivity contribution in [3.05, 3.63) is 118 Å². The van der Waals surface area contributed by atoms with Crippen LogP contribution in [-0.2, 0) is 23.1 Å². The lowest BCUT2D eigenvalue weighted by Crippen LogP contribution is -2.34. The zero-order valence-corrected chi connectivity index (χ0v) is 24.4. The number of methoxy groups -OCH3 is 2. The van der Waals surface area contributed by atoms with Crippen LogP contribution in [0.4, 0.5) is 5.69 Å². The molecule has 208 valence electrons. The Labute approximate surface area is 240 Å². The SMILES string of the molecule is COc1ccc(CN(C)C(=O)c2ccccc2N(Cc2ccc(Cl)cc2)S(=O)(=O)c2ccc(C)cc2)cc1OC. The van der Waals surface area contributed by atoms with E-state index >= 15 is 0 Å². The fraction of sp³-hybridized carbons (Fsp3) is 0.194. The number of para-hydroxylation sites is 1. The Morgan fingerprint density at radius 2 is 1.43 bits per heavy atom. The van der Waals surface area contributed by atoms with Crippen LogP contribution < -0.4 is 13.8 Å². The van der Waals surface area contributed by atoms with Gasteiger partial charge in [0.15, 0.2) is 11.5 Å². The predicted molar refractivity (Wildman–Crippen MR) is 158 cm³/mol. The average Bonchev–Trinajstić information content (AvgIpc) is 2.96. The van der Waals surface area contributed by atoms with E-state index in [4.69, 9.17) is 21.1 Å². The summed E-state index contributed by atoms with van der Waals surface area (Å²) in [6.07, 6.45) is 0. The summed E-state index contributed by atoms with van der Waals surface area (Å²) in [6, 6.07) is 25.8. The van der Waals surface area contributed by atoms with Crippen molar-refractivity contribution in [3.63, 3.8) is 0 Å². The number of amides is 1. The summed E-state index contributed by atoms with van der Waals surface area (Å²) in [6.45, 7) is 2.18. The van der Waals surface area contributed by atoms with Gasteiger partial charge in [-0.15, -0.1) is 0 Å². The molecule has 0 saturated heterocycles. The van der Waals surface area contributed by atoms with E-state index in [1.165, 1.54) is 4.31 Å². The maximum Gasteiger partial charge on any atom is 0.264 e. The molecule has 0 radical (unpaired) electrons. The number of sulfonamides is 1. The van der Waals surface area contributed by atoms with Crippen LogP contribution >= 0.6 is 11.6 Å². The van der Waals surface area contributed by atoms with Crippen molar-refractivity contribution in [3.8, 4) is 11.5 Å². The molecular formula is C31H31ClN2O5S. The van der Waals surface area contributed by atoms with Gasteiger partial charge in [0.1, 0.15) is 0 Å². The fourth-order valence-corrected chi connectivity index (χ4v) is 5.89. The van der Waals surface area contributed by atoms with E-state index in [0.717, 1.165) is 16.7 Å². The van der Waals surface area contributed by atoms with Gasteiger partial charge in [0.25, 0.3) is 15.9 Å². The smallest absolute Gasteiger partial charge is 0.264 e. The van der Waals surface area contributed by atoms with Crippen molar-refractivity contribution in [1.29, 1.82) is 0 Å². The molecule has 7 nitrogen and oxygen atoms in total. The van der Waals surface area contributed by atoms with Crippen molar-refractivity contribution in [2.24, 2.45) is 0 Å². The molecule has 40 heavy (non-hydrogen) atoms. The summed E-state index contributed by atoms with van der Waals surface area (Å²) < 4.78 is 40.0. The second kappa shape index (κ2) is 12.4. The molecule has 4 aromatic rings. The van der Waals surface area contributed by atoms with Crippen LogP contribution in [0, 0.1) is 6.92 Å². The number of anilines is 1. The third-order valence-corrected chi connectivity index (χ3v) is 8.49. The summed E-state index contributed by atoms with van der Waals surface area (Å²) in [7, 11) is 0.749. The third-order valence-electron chi connectivity index (χ3n) is 6.47. The Bertz CT molecular complexity index is 1590. The Hall–Kier alpha value is -4.01. The molecule has 9 heteroatoms. The molecule has 0 aromatic heterocycles. The zero-order valence-electron chi connectivity index (χ0n) is 22.8. The third kappa shape index (κ3) is 6.41. The van der Waals surface area contributed by atoms with E-state index in [1.54, 1.807) is 105 Å². The van der Waals surface area contributed by atoms with Crippen LogP contribution in [-0.4, -0.2) is 40.5 Å². The lowest BCUT2D eigenvalue weighted by Gasteiger charge is -2.28. The summed E-state index contributed by atoms with van der Waals surface area (Å²) in [4.78, 5) is 15.5. The molecule has 0 atom stereocenters. The molecule has 0 unspecified atom stereocenters. The molecule has 4 rings (SSSR count). The number of rotatable bonds is 10. The first-order valence-corrected chi connectivity index (χ1v) is 14.3. The first-order valence-electron chi connectivity index (χ1n) is 12.5. The second-order valence-electron chi connectivity index (χ2n) is 9.32. The molecule has 0 heterocycles. The Morgan fingerprint density at radius 1 is 0.800 bits per heavy atom. The van der Waals surface area contributed by atoms with Gasteiger partial charge in [-0.2, -0.15) is 0 Å². The van der Waals surface area contributed by atoms with Crippen LogP contribution in [0.2, 0.25) is 5.02 Å². The summed E-state index contributed by atoms with van der Waals surface area (Å²) in [5.74, 6) is 0.815. The van der Waals surface area contributed by atoms with Gasteiger partial charge in [-0.1, -0.05) is 59.6 Å². The van der Waals surface area contributed by atoms with Crippen LogP contribution in [0.15, 0.2) is 95.9 Å².